The minimum absolute atomic E-state index is 0.723. The van der Waals surface area contributed by atoms with E-state index in [1.54, 1.807) is 0 Å². The summed E-state index contributed by atoms with van der Waals surface area (Å²) in [6, 6.07) is 14.1. The number of benzene rings is 2. The van der Waals surface area contributed by atoms with Crippen LogP contribution in [0.1, 0.15) is 39.5 Å². The molecule has 2 aromatic carbocycles. The Kier molecular flexibility index (Phi) is 6.45. The van der Waals surface area contributed by atoms with Crippen LogP contribution in [-0.2, 0) is 0 Å². The van der Waals surface area contributed by atoms with E-state index in [1.807, 2.05) is 42.5 Å². The number of hydrogen-bond acceptors (Lipinski definition) is 2. The molecular formula is C22H26ClNO2. The van der Waals surface area contributed by atoms with Gasteiger partial charge < -0.3 is 14.5 Å². The van der Waals surface area contributed by atoms with Crippen molar-refractivity contribution in [3.8, 4) is 22.8 Å². The summed E-state index contributed by atoms with van der Waals surface area (Å²) in [5, 5.41) is 1.71. The molecule has 0 saturated carbocycles. The van der Waals surface area contributed by atoms with Crippen molar-refractivity contribution in [2.75, 3.05) is 13.2 Å². The van der Waals surface area contributed by atoms with Gasteiger partial charge in [-0.1, -0.05) is 38.3 Å². The zero-order valence-corrected chi connectivity index (χ0v) is 16.2. The largest absolute Gasteiger partial charge is 0.494 e. The Morgan fingerprint density at radius 1 is 0.846 bits per heavy atom. The van der Waals surface area contributed by atoms with Crippen molar-refractivity contribution in [3.63, 3.8) is 0 Å². The highest BCUT2D eigenvalue weighted by molar-refractivity contribution is 6.38. The molecule has 0 aliphatic rings. The standard InChI is InChI=1S/C22H26ClNO2/c1-3-5-13-25-17-9-7-16(8-10-17)22-21(23)19-15-18(26-14-6-4-2)11-12-20(19)24-22/h7-12,15,24H,3-6,13-14H2,1-2H3. The Bertz CT molecular complexity index is 839. The second kappa shape index (κ2) is 9.00. The lowest BCUT2D eigenvalue weighted by Gasteiger charge is -2.06. The normalized spacial score (nSPS) is 11.0. The molecule has 138 valence electrons. The van der Waals surface area contributed by atoms with Gasteiger partial charge in [0.05, 0.1) is 23.9 Å². The van der Waals surface area contributed by atoms with Crippen LogP contribution in [0.3, 0.4) is 0 Å². The van der Waals surface area contributed by atoms with Gasteiger partial charge in [-0.05, 0) is 60.9 Å². The van der Waals surface area contributed by atoms with E-state index >= 15 is 0 Å². The minimum Gasteiger partial charge on any atom is -0.494 e. The van der Waals surface area contributed by atoms with Crippen LogP contribution in [0.25, 0.3) is 22.2 Å². The molecule has 3 aromatic rings. The molecule has 0 bridgehead atoms. The summed E-state index contributed by atoms with van der Waals surface area (Å²) in [5.41, 5.74) is 2.98. The van der Waals surface area contributed by atoms with Crippen molar-refractivity contribution in [2.24, 2.45) is 0 Å². The van der Waals surface area contributed by atoms with Crippen LogP contribution < -0.4 is 9.47 Å². The number of halogens is 1. The van der Waals surface area contributed by atoms with Gasteiger partial charge in [-0.2, -0.15) is 0 Å². The van der Waals surface area contributed by atoms with Crippen molar-refractivity contribution in [1.29, 1.82) is 0 Å². The molecular weight excluding hydrogens is 346 g/mol. The van der Waals surface area contributed by atoms with Gasteiger partial charge in [-0.25, -0.2) is 0 Å². The molecule has 0 amide bonds. The van der Waals surface area contributed by atoms with E-state index in [0.717, 1.165) is 77.6 Å². The highest BCUT2D eigenvalue weighted by Gasteiger charge is 2.12. The second-order valence-corrected chi connectivity index (χ2v) is 6.83. The number of nitrogens with one attached hydrogen (secondary N) is 1. The summed E-state index contributed by atoms with van der Waals surface area (Å²) in [6.07, 6.45) is 4.37. The van der Waals surface area contributed by atoms with E-state index in [-0.39, 0.29) is 0 Å². The van der Waals surface area contributed by atoms with Gasteiger partial charge in [0.2, 0.25) is 0 Å². The molecule has 0 aliphatic heterocycles. The first kappa shape index (κ1) is 18.7. The summed E-state index contributed by atoms with van der Waals surface area (Å²) in [6.45, 7) is 5.80. The summed E-state index contributed by atoms with van der Waals surface area (Å²) < 4.78 is 11.5. The fourth-order valence-electron chi connectivity index (χ4n) is 2.81. The molecule has 0 atom stereocenters. The topological polar surface area (TPSA) is 34.2 Å². The van der Waals surface area contributed by atoms with E-state index in [9.17, 15) is 0 Å². The average molecular weight is 372 g/mol. The van der Waals surface area contributed by atoms with Crippen LogP contribution in [-0.4, -0.2) is 18.2 Å². The average Bonchev–Trinajstić information content (AvgIpc) is 2.99. The third-order valence-electron chi connectivity index (χ3n) is 4.38. The fraction of sp³-hybridized carbons (Fsp3) is 0.364. The summed E-state index contributed by atoms with van der Waals surface area (Å²) in [5.74, 6) is 1.75. The van der Waals surface area contributed by atoms with E-state index in [0.29, 0.717) is 0 Å². The number of H-pyrrole nitrogens is 1. The molecule has 0 saturated heterocycles. The Morgan fingerprint density at radius 2 is 1.46 bits per heavy atom. The molecule has 1 N–H and O–H groups in total. The zero-order valence-electron chi connectivity index (χ0n) is 15.5. The number of hydrogen-bond donors (Lipinski definition) is 1. The van der Waals surface area contributed by atoms with Crippen molar-refractivity contribution in [2.45, 2.75) is 39.5 Å². The van der Waals surface area contributed by atoms with Gasteiger partial charge in [-0.3, -0.25) is 0 Å². The van der Waals surface area contributed by atoms with Gasteiger partial charge in [0.1, 0.15) is 11.5 Å². The second-order valence-electron chi connectivity index (χ2n) is 6.45. The van der Waals surface area contributed by atoms with E-state index < -0.39 is 0 Å². The third kappa shape index (κ3) is 4.34. The monoisotopic (exact) mass is 371 g/mol. The maximum Gasteiger partial charge on any atom is 0.120 e. The predicted molar refractivity (Wildman–Crippen MR) is 110 cm³/mol. The molecule has 1 aromatic heterocycles. The van der Waals surface area contributed by atoms with Crippen molar-refractivity contribution in [3.05, 3.63) is 47.5 Å². The lowest BCUT2D eigenvalue weighted by atomic mass is 10.1. The number of aromatic amines is 1. The Morgan fingerprint density at radius 3 is 2.12 bits per heavy atom. The van der Waals surface area contributed by atoms with Crippen molar-refractivity contribution >= 4 is 22.5 Å². The van der Waals surface area contributed by atoms with Crippen LogP contribution >= 0.6 is 11.6 Å². The van der Waals surface area contributed by atoms with Gasteiger partial charge in [-0.15, -0.1) is 0 Å². The summed E-state index contributed by atoms with van der Waals surface area (Å²) in [7, 11) is 0. The molecule has 0 spiro atoms. The van der Waals surface area contributed by atoms with Crippen LogP contribution in [0.2, 0.25) is 5.02 Å². The molecule has 0 aliphatic carbocycles. The van der Waals surface area contributed by atoms with Crippen LogP contribution in [0, 0.1) is 0 Å². The van der Waals surface area contributed by atoms with Crippen LogP contribution in [0.5, 0.6) is 11.5 Å². The highest BCUT2D eigenvalue weighted by atomic mass is 35.5. The SMILES string of the molecule is CCCCOc1ccc(-c2[nH]c3ccc(OCCCC)cc3c2Cl)cc1. The lowest BCUT2D eigenvalue weighted by Crippen LogP contribution is -1.95. The summed E-state index contributed by atoms with van der Waals surface area (Å²) in [4.78, 5) is 3.42. The molecule has 1 heterocycles. The van der Waals surface area contributed by atoms with Crippen molar-refractivity contribution in [1.82, 2.24) is 4.98 Å². The Labute approximate surface area is 160 Å². The van der Waals surface area contributed by atoms with Crippen molar-refractivity contribution < 1.29 is 9.47 Å². The third-order valence-corrected chi connectivity index (χ3v) is 4.78. The number of rotatable bonds is 9. The van der Waals surface area contributed by atoms with Crippen LogP contribution in [0.4, 0.5) is 0 Å². The molecule has 3 rings (SSSR count). The van der Waals surface area contributed by atoms with E-state index in [4.69, 9.17) is 21.1 Å². The molecule has 26 heavy (non-hydrogen) atoms. The lowest BCUT2D eigenvalue weighted by molar-refractivity contribution is 0.309. The van der Waals surface area contributed by atoms with Gasteiger partial charge in [0, 0.05) is 10.9 Å². The Balaban J connectivity index is 1.80. The Hall–Kier alpha value is -2.13. The minimum atomic E-state index is 0.723. The molecule has 4 heteroatoms. The first-order valence-electron chi connectivity index (χ1n) is 9.40. The van der Waals surface area contributed by atoms with Gasteiger partial charge in [0.25, 0.3) is 0 Å². The van der Waals surface area contributed by atoms with Gasteiger partial charge >= 0.3 is 0 Å². The number of aromatic nitrogens is 1. The first-order chi connectivity index (χ1) is 12.7. The first-order valence-corrected chi connectivity index (χ1v) is 9.78. The molecule has 0 fully saturated rings. The van der Waals surface area contributed by atoms with Crippen LogP contribution in [0.15, 0.2) is 42.5 Å². The fourth-order valence-corrected chi connectivity index (χ4v) is 3.13. The quantitative estimate of drug-likeness (QED) is 0.417. The maximum absolute atomic E-state index is 6.65. The zero-order chi connectivity index (χ0) is 18.4. The molecule has 0 unspecified atom stereocenters. The van der Waals surface area contributed by atoms with Gasteiger partial charge in [0.15, 0.2) is 0 Å². The highest BCUT2D eigenvalue weighted by Crippen LogP contribution is 2.36. The smallest absolute Gasteiger partial charge is 0.120 e. The van der Waals surface area contributed by atoms with E-state index in [1.165, 1.54) is 0 Å². The number of ether oxygens (including phenoxy) is 2. The van der Waals surface area contributed by atoms with E-state index in [2.05, 4.69) is 18.8 Å². The predicted octanol–water partition coefficient (Wildman–Crippen LogP) is 6.85. The molecule has 0 radical (unpaired) electrons. The summed E-state index contributed by atoms with van der Waals surface area (Å²) >= 11 is 6.65. The molecule has 3 nitrogen and oxygen atoms in total. The maximum atomic E-state index is 6.65. The number of fused-ring (bicyclic) bond motifs is 1. The number of unbranched alkanes of at least 4 members (excludes halogenated alkanes) is 2.